The number of rotatable bonds is 6. The van der Waals surface area contributed by atoms with E-state index in [9.17, 15) is 13.6 Å². The van der Waals surface area contributed by atoms with Gasteiger partial charge in [-0.1, -0.05) is 6.07 Å². The fourth-order valence-corrected chi connectivity index (χ4v) is 1.20. The van der Waals surface area contributed by atoms with Gasteiger partial charge in [-0.25, -0.2) is 0 Å². The molecule has 1 aromatic carbocycles. The van der Waals surface area contributed by atoms with E-state index in [4.69, 9.17) is 10.00 Å². The number of alkyl halides is 2. The maximum atomic E-state index is 12.0. The van der Waals surface area contributed by atoms with E-state index in [1.54, 1.807) is 12.1 Å². The van der Waals surface area contributed by atoms with Crippen molar-refractivity contribution < 1.29 is 18.3 Å². The van der Waals surface area contributed by atoms with Crippen molar-refractivity contribution in [3.63, 3.8) is 0 Å². The number of unbranched alkanes of at least 4 members (excludes halogenated alkanes) is 1. The molecule has 0 aliphatic carbocycles. The highest BCUT2D eigenvalue weighted by molar-refractivity contribution is 5.93. The minimum atomic E-state index is -3.05. The average molecular weight is 254 g/mol. The van der Waals surface area contributed by atoms with E-state index >= 15 is 0 Å². The molecule has 0 unspecified atom stereocenters. The molecule has 0 saturated heterocycles. The van der Waals surface area contributed by atoms with Crippen LogP contribution in [0.4, 0.5) is 14.5 Å². The van der Waals surface area contributed by atoms with Crippen LogP contribution in [0.15, 0.2) is 24.3 Å². The second-order valence-corrected chi connectivity index (χ2v) is 3.43. The van der Waals surface area contributed by atoms with Gasteiger partial charge in [0.05, 0.1) is 12.7 Å². The van der Waals surface area contributed by atoms with E-state index in [-0.39, 0.29) is 5.69 Å². The monoisotopic (exact) mass is 254 g/mol. The van der Waals surface area contributed by atoms with Crippen molar-refractivity contribution >= 4 is 11.6 Å². The Kier molecular flexibility index (Phi) is 5.58. The summed E-state index contributed by atoms with van der Waals surface area (Å²) in [7, 11) is 0. The van der Waals surface area contributed by atoms with Gasteiger partial charge in [0.25, 0.3) is 5.91 Å². The second kappa shape index (κ2) is 7.22. The van der Waals surface area contributed by atoms with E-state index in [0.29, 0.717) is 25.2 Å². The Balaban J connectivity index is 2.52. The van der Waals surface area contributed by atoms with Gasteiger partial charge in [0.15, 0.2) is 0 Å². The first kappa shape index (κ1) is 13.9. The molecule has 0 bridgehead atoms. The molecule has 96 valence electrons. The van der Waals surface area contributed by atoms with Crippen molar-refractivity contribution in [2.24, 2.45) is 0 Å². The first-order valence-corrected chi connectivity index (χ1v) is 5.32. The largest absolute Gasteiger partial charge is 0.493 e. The van der Waals surface area contributed by atoms with Crippen LogP contribution in [-0.2, 0) is 4.79 Å². The second-order valence-electron chi connectivity index (χ2n) is 3.43. The van der Waals surface area contributed by atoms with Crippen LogP contribution in [-0.4, -0.2) is 18.9 Å². The van der Waals surface area contributed by atoms with Gasteiger partial charge in [-0.3, -0.25) is 4.79 Å². The maximum absolute atomic E-state index is 12.0. The summed E-state index contributed by atoms with van der Waals surface area (Å²) in [6.45, 7) is 0.361. The number of hydrogen-bond donors (Lipinski definition) is 1. The number of halogens is 2. The van der Waals surface area contributed by atoms with Gasteiger partial charge in [-0.05, 0) is 18.6 Å². The smallest absolute Gasteiger partial charge is 0.315 e. The van der Waals surface area contributed by atoms with E-state index in [1.165, 1.54) is 12.1 Å². The normalized spacial score (nSPS) is 9.89. The number of nitrogens with one attached hydrogen (secondary N) is 1. The highest BCUT2D eigenvalue weighted by atomic mass is 19.3. The number of hydrogen-bond acceptors (Lipinski definition) is 3. The molecule has 4 nitrogen and oxygen atoms in total. The van der Waals surface area contributed by atoms with Gasteiger partial charge >= 0.3 is 6.43 Å². The molecule has 0 radical (unpaired) electrons. The molecule has 18 heavy (non-hydrogen) atoms. The Hall–Kier alpha value is -2.16. The van der Waals surface area contributed by atoms with E-state index in [1.807, 2.05) is 6.07 Å². The first-order chi connectivity index (χ1) is 8.63. The third-order valence-corrected chi connectivity index (χ3v) is 2.00. The van der Waals surface area contributed by atoms with E-state index in [0.717, 1.165) is 0 Å². The summed E-state index contributed by atoms with van der Waals surface area (Å²) < 4.78 is 29.4. The van der Waals surface area contributed by atoms with Gasteiger partial charge in [0.2, 0.25) is 0 Å². The van der Waals surface area contributed by atoms with Crippen molar-refractivity contribution in [1.82, 2.24) is 0 Å². The van der Waals surface area contributed by atoms with Gasteiger partial charge in [-0.2, -0.15) is 14.0 Å². The van der Waals surface area contributed by atoms with E-state index in [2.05, 4.69) is 5.32 Å². The number of anilines is 1. The summed E-state index contributed by atoms with van der Waals surface area (Å²) in [4.78, 5) is 10.8. The van der Waals surface area contributed by atoms with Crippen molar-refractivity contribution in [3.05, 3.63) is 24.3 Å². The Labute approximate surface area is 103 Å². The highest BCUT2D eigenvalue weighted by Gasteiger charge is 2.14. The molecule has 0 atom stereocenters. The number of nitrogens with zero attached hydrogens (tertiary/aromatic N) is 1. The minimum Gasteiger partial charge on any atom is -0.493 e. The van der Waals surface area contributed by atoms with Crippen LogP contribution in [0, 0.1) is 11.3 Å². The highest BCUT2D eigenvalue weighted by Crippen LogP contribution is 2.18. The molecule has 1 aromatic rings. The van der Waals surface area contributed by atoms with Gasteiger partial charge in [0, 0.05) is 18.2 Å². The molecule has 1 N–H and O–H groups in total. The average Bonchev–Trinajstić information content (AvgIpc) is 2.35. The molecule has 6 heteroatoms. The number of benzene rings is 1. The van der Waals surface area contributed by atoms with Crippen molar-refractivity contribution in [3.8, 4) is 11.8 Å². The Morgan fingerprint density at radius 1 is 1.50 bits per heavy atom. The lowest BCUT2D eigenvalue weighted by atomic mass is 10.3. The standard InChI is InChI=1S/C12H12F2N2O2/c13-11(14)12(17)16-9-4-3-5-10(8-9)18-7-2-1-6-15/h3-5,8,11H,1-2,7H2,(H,16,17). The van der Waals surface area contributed by atoms with Crippen molar-refractivity contribution in [1.29, 1.82) is 5.26 Å². The van der Waals surface area contributed by atoms with Crippen molar-refractivity contribution in [2.75, 3.05) is 11.9 Å². The Bertz CT molecular complexity index is 444. The van der Waals surface area contributed by atoms with Crippen LogP contribution >= 0.6 is 0 Å². The quantitative estimate of drug-likeness (QED) is 0.793. The zero-order chi connectivity index (χ0) is 13.4. The van der Waals surface area contributed by atoms with Gasteiger partial charge in [0.1, 0.15) is 5.75 Å². The maximum Gasteiger partial charge on any atom is 0.315 e. The zero-order valence-corrected chi connectivity index (χ0v) is 9.53. The van der Waals surface area contributed by atoms with Crippen LogP contribution < -0.4 is 10.1 Å². The van der Waals surface area contributed by atoms with Crippen LogP contribution in [0.2, 0.25) is 0 Å². The molecular weight excluding hydrogens is 242 g/mol. The van der Waals surface area contributed by atoms with Gasteiger partial charge in [-0.15, -0.1) is 0 Å². The van der Waals surface area contributed by atoms with Gasteiger partial charge < -0.3 is 10.1 Å². The number of ether oxygens (including phenoxy) is 1. The molecule has 0 saturated carbocycles. The molecule has 1 amide bonds. The van der Waals surface area contributed by atoms with Crippen LogP contribution in [0.5, 0.6) is 5.75 Å². The third-order valence-electron chi connectivity index (χ3n) is 2.00. The fraction of sp³-hybridized carbons (Fsp3) is 0.333. The van der Waals surface area contributed by atoms with Crippen molar-refractivity contribution in [2.45, 2.75) is 19.3 Å². The van der Waals surface area contributed by atoms with Crippen LogP contribution in [0.25, 0.3) is 0 Å². The summed E-state index contributed by atoms with van der Waals surface area (Å²) in [6.07, 6.45) is -2.07. The molecule has 0 fully saturated rings. The third kappa shape index (κ3) is 4.78. The molecule has 0 aliphatic rings. The molecular formula is C12H12F2N2O2. The predicted molar refractivity (Wildman–Crippen MR) is 61.4 cm³/mol. The SMILES string of the molecule is N#CCCCOc1cccc(NC(=O)C(F)F)c1. The predicted octanol–water partition coefficient (Wildman–Crippen LogP) is 2.57. The first-order valence-electron chi connectivity index (χ1n) is 5.32. The fourth-order valence-electron chi connectivity index (χ4n) is 1.20. The lowest BCUT2D eigenvalue weighted by molar-refractivity contribution is -0.126. The number of nitriles is 1. The lowest BCUT2D eigenvalue weighted by Crippen LogP contribution is -2.19. The summed E-state index contributed by atoms with van der Waals surface area (Å²) in [5.41, 5.74) is 0.248. The van der Waals surface area contributed by atoms with E-state index < -0.39 is 12.3 Å². The Morgan fingerprint density at radius 3 is 2.94 bits per heavy atom. The summed E-state index contributed by atoms with van der Waals surface area (Å²) in [5.74, 6) is -0.892. The number of carbonyl (C=O) groups excluding carboxylic acids is 1. The molecule has 0 spiro atoms. The Morgan fingerprint density at radius 2 is 2.28 bits per heavy atom. The van der Waals surface area contributed by atoms with Crippen LogP contribution in [0.1, 0.15) is 12.8 Å². The topological polar surface area (TPSA) is 62.1 Å². The summed E-state index contributed by atoms with van der Waals surface area (Å²) in [5, 5.41) is 10.4. The zero-order valence-electron chi connectivity index (χ0n) is 9.53. The summed E-state index contributed by atoms with van der Waals surface area (Å²) in [6, 6.07) is 8.15. The lowest BCUT2D eigenvalue weighted by Gasteiger charge is -2.08. The number of amides is 1. The molecule has 0 heterocycles. The molecule has 0 aliphatic heterocycles. The minimum absolute atomic E-state index is 0.248. The number of carbonyl (C=O) groups is 1. The van der Waals surface area contributed by atoms with Crippen LogP contribution in [0.3, 0.4) is 0 Å². The summed E-state index contributed by atoms with van der Waals surface area (Å²) >= 11 is 0. The molecule has 0 aromatic heterocycles. The molecule has 1 rings (SSSR count).